The molecular formula is C27H31F3N2O4. The average molecular weight is 505 g/mol. The first-order valence-electron chi connectivity index (χ1n) is 12.1. The highest BCUT2D eigenvalue weighted by Gasteiger charge is 2.51. The van der Waals surface area contributed by atoms with Gasteiger partial charge in [0.1, 0.15) is 6.61 Å². The topological polar surface area (TPSA) is 92.9 Å². The Kier molecular flexibility index (Phi) is 7.05. The van der Waals surface area contributed by atoms with E-state index >= 15 is 0 Å². The molecule has 2 amide bonds. The van der Waals surface area contributed by atoms with Crippen LogP contribution in [-0.2, 0) is 15.8 Å². The smallest absolute Gasteiger partial charge is 0.421 e. The number of amides is 2. The maximum absolute atomic E-state index is 13.5. The van der Waals surface area contributed by atoms with Gasteiger partial charge in [-0.05, 0) is 68.7 Å². The molecule has 0 saturated heterocycles. The molecular weight excluding hydrogens is 473 g/mol. The van der Waals surface area contributed by atoms with Crippen molar-refractivity contribution in [3.63, 3.8) is 0 Å². The van der Waals surface area contributed by atoms with Gasteiger partial charge in [0.05, 0.1) is 0 Å². The Morgan fingerprint density at radius 2 is 1.56 bits per heavy atom. The fourth-order valence-electron chi connectivity index (χ4n) is 5.18. The summed E-state index contributed by atoms with van der Waals surface area (Å²) in [7, 11) is 0. The zero-order valence-electron chi connectivity index (χ0n) is 20.1. The van der Waals surface area contributed by atoms with Gasteiger partial charge in [0.15, 0.2) is 5.60 Å². The third-order valence-corrected chi connectivity index (χ3v) is 7.60. The second-order valence-corrected chi connectivity index (χ2v) is 10.1. The summed E-state index contributed by atoms with van der Waals surface area (Å²) >= 11 is 0. The van der Waals surface area contributed by atoms with Crippen LogP contribution in [0.1, 0.15) is 66.9 Å². The molecule has 0 unspecified atom stereocenters. The molecule has 4 rings (SSSR count). The first-order chi connectivity index (χ1) is 16.9. The Labute approximate surface area is 208 Å². The van der Waals surface area contributed by atoms with Crippen molar-refractivity contribution in [2.75, 3.05) is 6.61 Å². The van der Waals surface area contributed by atoms with Crippen molar-refractivity contribution in [1.82, 2.24) is 4.90 Å². The largest absolute Gasteiger partial charge is 0.449 e. The van der Waals surface area contributed by atoms with Gasteiger partial charge in [-0.3, -0.25) is 4.79 Å². The lowest BCUT2D eigenvalue weighted by molar-refractivity contribution is -0.258. The molecule has 36 heavy (non-hydrogen) atoms. The summed E-state index contributed by atoms with van der Waals surface area (Å²) in [5.41, 5.74) is 2.89. The van der Waals surface area contributed by atoms with Crippen molar-refractivity contribution >= 4 is 12.0 Å². The molecule has 3 N–H and O–H groups in total. The molecule has 2 saturated carbocycles. The summed E-state index contributed by atoms with van der Waals surface area (Å²) < 4.78 is 44.8. The van der Waals surface area contributed by atoms with E-state index in [0.29, 0.717) is 38.2 Å². The first kappa shape index (κ1) is 26.0. The van der Waals surface area contributed by atoms with E-state index in [1.807, 2.05) is 35.2 Å². The van der Waals surface area contributed by atoms with Crippen molar-refractivity contribution in [1.29, 1.82) is 0 Å². The maximum atomic E-state index is 13.5. The molecule has 2 aromatic rings. The van der Waals surface area contributed by atoms with Crippen LogP contribution in [0, 0.1) is 0 Å². The normalized spacial score (nSPS) is 24.0. The molecule has 2 fully saturated rings. The van der Waals surface area contributed by atoms with Crippen LogP contribution in [-0.4, -0.2) is 46.9 Å². The van der Waals surface area contributed by atoms with Gasteiger partial charge < -0.3 is 20.5 Å². The number of nitrogens with two attached hydrogens (primary N) is 1. The van der Waals surface area contributed by atoms with Crippen molar-refractivity contribution < 1.29 is 32.6 Å². The summed E-state index contributed by atoms with van der Waals surface area (Å²) in [6.07, 6.45) is -1.10. The number of ether oxygens (including phenoxy) is 1. The van der Waals surface area contributed by atoms with Crippen molar-refractivity contribution in [3.05, 3.63) is 71.3 Å². The van der Waals surface area contributed by atoms with Gasteiger partial charge in [-0.25, -0.2) is 4.79 Å². The van der Waals surface area contributed by atoms with Crippen molar-refractivity contribution in [2.45, 2.75) is 74.7 Å². The van der Waals surface area contributed by atoms with Gasteiger partial charge in [0, 0.05) is 23.1 Å². The minimum absolute atomic E-state index is 0.0339. The Morgan fingerprint density at radius 1 is 1.00 bits per heavy atom. The fourth-order valence-corrected chi connectivity index (χ4v) is 5.18. The Morgan fingerprint density at radius 3 is 2.06 bits per heavy atom. The quantitative estimate of drug-likeness (QED) is 0.553. The van der Waals surface area contributed by atoms with Crippen LogP contribution in [0.2, 0.25) is 0 Å². The van der Waals surface area contributed by atoms with Crippen LogP contribution in [0.5, 0.6) is 0 Å². The molecule has 2 aromatic carbocycles. The second-order valence-electron chi connectivity index (χ2n) is 10.1. The minimum atomic E-state index is -4.83. The lowest BCUT2D eigenvalue weighted by Gasteiger charge is -2.43. The van der Waals surface area contributed by atoms with Gasteiger partial charge in [0.25, 0.3) is 5.91 Å². The van der Waals surface area contributed by atoms with E-state index in [-0.39, 0.29) is 30.2 Å². The highest BCUT2D eigenvalue weighted by atomic mass is 19.4. The number of carbonyl (C=O) groups is 2. The summed E-state index contributed by atoms with van der Waals surface area (Å²) in [5.74, 6) is -0.221. The zero-order chi connectivity index (χ0) is 26.1. The van der Waals surface area contributed by atoms with Crippen LogP contribution in [0.3, 0.4) is 0 Å². The summed E-state index contributed by atoms with van der Waals surface area (Å²) in [5, 5.41) is 9.92. The van der Waals surface area contributed by atoms with Gasteiger partial charge in [-0.15, -0.1) is 0 Å². The summed E-state index contributed by atoms with van der Waals surface area (Å²) in [6, 6.07) is 14.9. The highest BCUT2D eigenvalue weighted by Crippen LogP contribution is 2.44. The molecule has 0 radical (unpaired) electrons. The first-order valence-corrected chi connectivity index (χ1v) is 12.1. The van der Waals surface area contributed by atoms with Crippen LogP contribution < -0.4 is 5.73 Å². The van der Waals surface area contributed by atoms with E-state index in [0.717, 1.165) is 30.5 Å². The number of benzene rings is 2. The number of alkyl halides is 3. The van der Waals surface area contributed by atoms with E-state index in [2.05, 4.69) is 0 Å². The number of nitrogens with zero attached hydrogens (tertiary/aromatic N) is 1. The third kappa shape index (κ3) is 5.21. The summed E-state index contributed by atoms with van der Waals surface area (Å²) in [4.78, 5) is 26.7. The van der Waals surface area contributed by atoms with E-state index in [9.17, 15) is 27.9 Å². The van der Waals surface area contributed by atoms with Crippen molar-refractivity contribution in [2.24, 2.45) is 5.73 Å². The predicted octanol–water partition coefficient (Wildman–Crippen LogP) is 5.04. The highest BCUT2D eigenvalue weighted by molar-refractivity contribution is 5.95. The molecule has 2 aliphatic carbocycles. The van der Waals surface area contributed by atoms with Gasteiger partial charge >= 0.3 is 12.3 Å². The lowest BCUT2D eigenvalue weighted by atomic mass is 9.68. The van der Waals surface area contributed by atoms with Gasteiger partial charge in [-0.1, -0.05) is 42.5 Å². The number of rotatable bonds is 7. The molecule has 0 aliphatic heterocycles. The Bertz CT molecular complexity index is 1070. The minimum Gasteiger partial charge on any atom is -0.449 e. The average Bonchev–Trinajstić information content (AvgIpc) is 3.69. The standard InChI is InChI=1S/C27H31F3N2O4/c1-25(35,27(28,29)30)19-9-7-18(8-10-19)23(33)32(21-11-12-21)22-13-15-26(16-14-22,17-36-24(31)34)20-5-3-2-4-6-20/h2-10,21-22,35H,11-17H2,1H3,(H2,31,34)/t22?,25-,26?/m0/s1. The molecule has 0 bridgehead atoms. The van der Waals surface area contributed by atoms with Crippen LogP contribution >= 0.6 is 0 Å². The monoisotopic (exact) mass is 504 g/mol. The number of aliphatic hydroxyl groups is 1. The molecule has 6 nitrogen and oxygen atoms in total. The Hall–Kier alpha value is -3.07. The fraction of sp³-hybridized carbons (Fsp3) is 0.481. The summed E-state index contributed by atoms with van der Waals surface area (Å²) in [6.45, 7) is 0.861. The maximum Gasteiger partial charge on any atom is 0.421 e. The van der Waals surface area contributed by atoms with E-state index in [1.165, 1.54) is 12.1 Å². The van der Waals surface area contributed by atoms with E-state index < -0.39 is 23.3 Å². The number of hydrogen-bond donors (Lipinski definition) is 2. The van der Waals surface area contributed by atoms with E-state index in [4.69, 9.17) is 10.5 Å². The molecule has 0 heterocycles. The SMILES string of the molecule is C[C@](O)(c1ccc(C(=O)N(C2CC2)C2CCC(COC(N)=O)(c3ccccc3)CC2)cc1)C(F)(F)F. The predicted molar refractivity (Wildman–Crippen MR) is 127 cm³/mol. The van der Waals surface area contributed by atoms with Gasteiger partial charge in [-0.2, -0.15) is 13.2 Å². The lowest BCUT2D eigenvalue weighted by Crippen LogP contribution is -2.48. The number of hydrogen-bond acceptors (Lipinski definition) is 4. The molecule has 0 spiro atoms. The van der Waals surface area contributed by atoms with Crippen LogP contribution in [0.4, 0.5) is 18.0 Å². The molecule has 0 aromatic heterocycles. The molecule has 2 aliphatic rings. The zero-order valence-corrected chi connectivity index (χ0v) is 20.1. The van der Waals surface area contributed by atoms with Crippen LogP contribution in [0.25, 0.3) is 0 Å². The molecule has 194 valence electrons. The Balaban J connectivity index is 1.51. The molecule has 1 atom stereocenters. The number of halogens is 3. The van der Waals surface area contributed by atoms with Gasteiger partial charge in [0.2, 0.25) is 0 Å². The van der Waals surface area contributed by atoms with Crippen molar-refractivity contribution in [3.8, 4) is 0 Å². The van der Waals surface area contributed by atoms with E-state index in [1.54, 1.807) is 0 Å². The van der Waals surface area contributed by atoms with Crippen LogP contribution in [0.15, 0.2) is 54.6 Å². The number of carbonyl (C=O) groups excluding carboxylic acids is 2. The number of primary amides is 1. The second kappa shape index (κ2) is 9.76. The molecule has 9 heteroatoms. The third-order valence-electron chi connectivity index (χ3n) is 7.60.